The molecule has 0 aliphatic heterocycles. The van der Waals surface area contributed by atoms with Crippen LogP contribution in [-0.2, 0) is 28.7 Å². The van der Waals surface area contributed by atoms with Crippen LogP contribution in [-0.4, -0.2) is 70.9 Å². The first-order valence-corrected chi connectivity index (χ1v) is 12.3. The molecule has 9 heteroatoms. The molecule has 0 aromatic rings. The van der Waals surface area contributed by atoms with Gasteiger partial charge in [-0.1, -0.05) is 39.8 Å². The molecule has 0 aromatic carbocycles. The van der Waals surface area contributed by atoms with Gasteiger partial charge in [-0.05, 0) is 38.0 Å². The van der Waals surface area contributed by atoms with Crippen LogP contribution >= 0.6 is 0 Å². The predicted molar refractivity (Wildman–Crippen MR) is 128 cm³/mol. The molecule has 3 rings (SSSR count). The van der Waals surface area contributed by atoms with E-state index in [4.69, 9.17) is 4.74 Å². The summed E-state index contributed by atoms with van der Waals surface area (Å²) in [4.78, 5) is 52.6. The van der Waals surface area contributed by atoms with Gasteiger partial charge < -0.3 is 24.8 Å². The first-order chi connectivity index (χ1) is 16.3. The van der Waals surface area contributed by atoms with Crippen molar-refractivity contribution in [2.75, 3.05) is 14.2 Å². The van der Waals surface area contributed by atoms with Crippen LogP contribution in [0.15, 0.2) is 12.2 Å². The molecule has 0 heterocycles. The Morgan fingerprint density at radius 1 is 1.06 bits per heavy atom. The number of methoxy groups -OCH3 is 2. The molecule has 36 heavy (non-hydrogen) atoms. The maximum Gasteiger partial charge on any atom is 0.345 e. The molecule has 3 saturated carbocycles. The van der Waals surface area contributed by atoms with Crippen molar-refractivity contribution in [2.24, 2.45) is 39.4 Å². The van der Waals surface area contributed by atoms with Gasteiger partial charge in [0.05, 0.1) is 37.8 Å². The molecule has 0 amide bonds. The Morgan fingerprint density at radius 2 is 1.61 bits per heavy atom. The molecule has 3 N–H and O–H groups in total. The number of esters is 2. The number of ketones is 2. The zero-order valence-corrected chi connectivity index (χ0v) is 22.5. The number of hydrogen-bond acceptors (Lipinski definition) is 9. The summed E-state index contributed by atoms with van der Waals surface area (Å²) in [6, 6.07) is 0. The normalized spacial score (nSPS) is 43.5. The van der Waals surface area contributed by atoms with Crippen LogP contribution in [0.5, 0.6) is 0 Å². The Kier molecular flexibility index (Phi) is 6.69. The summed E-state index contributed by atoms with van der Waals surface area (Å²) in [7, 11) is 2.19. The van der Waals surface area contributed by atoms with Gasteiger partial charge >= 0.3 is 11.9 Å². The van der Waals surface area contributed by atoms with Gasteiger partial charge in [0.15, 0.2) is 5.78 Å². The lowest BCUT2D eigenvalue weighted by molar-refractivity contribution is -0.266. The number of aliphatic hydroxyl groups excluding tert-OH is 2. The van der Waals surface area contributed by atoms with Crippen molar-refractivity contribution in [1.29, 1.82) is 0 Å². The second-order valence-electron chi connectivity index (χ2n) is 12.3. The Hall–Kier alpha value is -2.10. The fourth-order valence-electron chi connectivity index (χ4n) is 8.34. The molecule has 9 nitrogen and oxygen atoms in total. The Labute approximate surface area is 212 Å². The van der Waals surface area contributed by atoms with E-state index in [1.807, 2.05) is 6.92 Å². The van der Waals surface area contributed by atoms with Crippen molar-refractivity contribution in [2.45, 2.75) is 78.6 Å². The van der Waals surface area contributed by atoms with Gasteiger partial charge in [-0.3, -0.25) is 14.4 Å². The van der Waals surface area contributed by atoms with E-state index in [1.165, 1.54) is 6.92 Å². The number of fused-ring (bicyclic) bond motifs is 3. The highest BCUT2D eigenvalue weighted by molar-refractivity contribution is 6.11. The highest BCUT2D eigenvalue weighted by atomic mass is 16.5. The number of ether oxygens (including phenoxy) is 2. The van der Waals surface area contributed by atoms with E-state index < -0.39 is 74.9 Å². The van der Waals surface area contributed by atoms with Crippen LogP contribution < -0.4 is 0 Å². The van der Waals surface area contributed by atoms with Gasteiger partial charge in [-0.25, -0.2) is 4.79 Å². The number of carbonyl (C=O) groups is 4. The average Bonchev–Trinajstić information content (AvgIpc) is 2.81. The lowest BCUT2D eigenvalue weighted by atomic mass is 9.34. The monoisotopic (exact) mass is 508 g/mol. The SMILES string of the molecule is C=C1CC2C3(C)CCC(=O)C(C)(C)C3C(O)C(O)C2(C)C(C(=O)OC)C1(C)C(=O)C(C)(O)C(=O)OC. The highest BCUT2D eigenvalue weighted by Crippen LogP contribution is 2.71. The molecule has 3 fully saturated rings. The summed E-state index contributed by atoms with van der Waals surface area (Å²) in [5, 5.41) is 34.2. The molecule has 202 valence electrons. The molecule has 0 aromatic heterocycles. The van der Waals surface area contributed by atoms with E-state index in [2.05, 4.69) is 11.3 Å². The number of hydrogen-bond donors (Lipinski definition) is 3. The maximum absolute atomic E-state index is 13.9. The lowest BCUT2D eigenvalue weighted by Crippen LogP contribution is -2.74. The standard InChI is InChI=1S/C27H40O9/c1-13-12-14-24(4)11-10-15(28)23(2,3)17(24)16(29)19(30)26(14,6)18(20(31)35-8)25(13,5)21(32)27(7,34)22(33)36-9/h14,16-19,29-30,34H,1,10-12H2,2-9H3. The molecule has 0 bridgehead atoms. The minimum Gasteiger partial charge on any atom is -0.469 e. The van der Waals surface area contributed by atoms with Crippen molar-refractivity contribution in [3.8, 4) is 0 Å². The van der Waals surface area contributed by atoms with E-state index in [0.717, 1.165) is 21.1 Å². The second-order valence-corrected chi connectivity index (χ2v) is 12.3. The van der Waals surface area contributed by atoms with Crippen molar-refractivity contribution < 1.29 is 44.0 Å². The lowest BCUT2D eigenvalue weighted by Gasteiger charge is -2.69. The van der Waals surface area contributed by atoms with Gasteiger partial charge in [0.1, 0.15) is 5.78 Å². The van der Waals surface area contributed by atoms with Crippen LogP contribution in [0.2, 0.25) is 0 Å². The summed E-state index contributed by atoms with van der Waals surface area (Å²) in [6.45, 7) is 13.7. The van der Waals surface area contributed by atoms with Gasteiger partial charge in [-0.15, -0.1) is 0 Å². The zero-order chi connectivity index (χ0) is 27.8. The van der Waals surface area contributed by atoms with Crippen molar-refractivity contribution in [3.63, 3.8) is 0 Å². The summed E-state index contributed by atoms with van der Waals surface area (Å²) in [6.07, 6.45) is -2.02. The molecule has 3 aliphatic rings. The fraction of sp³-hybridized carbons (Fsp3) is 0.778. The second kappa shape index (κ2) is 8.46. The van der Waals surface area contributed by atoms with Crippen LogP contribution in [0.3, 0.4) is 0 Å². The van der Waals surface area contributed by atoms with Crippen molar-refractivity contribution in [1.82, 2.24) is 0 Å². The molecule has 3 aliphatic carbocycles. The number of Topliss-reactive ketones (excluding diaryl/α,β-unsaturated/α-hetero) is 2. The highest BCUT2D eigenvalue weighted by Gasteiger charge is 2.75. The molecular formula is C27H40O9. The van der Waals surface area contributed by atoms with Crippen molar-refractivity contribution in [3.05, 3.63) is 12.2 Å². The molecular weight excluding hydrogens is 468 g/mol. The first kappa shape index (κ1) is 28.5. The summed E-state index contributed by atoms with van der Waals surface area (Å²) in [5.41, 5.74) is -7.19. The van der Waals surface area contributed by atoms with Gasteiger partial charge in [0.2, 0.25) is 5.60 Å². The molecule has 9 atom stereocenters. The van der Waals surface area contributed by atoms with E-state index in [0.29, 0.717) is 12.0 Å². The number of allylic oxidation sites excluding steroid dienone is 1. The topological polar surface area (TPSA) is 147 Å². The molecule has 9 unspecified atom stereocenters. The smallest absolute Gasteiger partial charge is 0.345 e. The minimum atomic E-state index is -2.61. The molecule has 0 saturated heterocycles. The van der Waals surface area contributed by atoms with Crippen LogP contribution in [0.4, 0.5) is 0 Å². The third kappa shape index (κ3) is 3.31. The van der Waals surface area contributed by atoms with Crippen LogP contribution in [0.25, 0.3) is 0 Å². The Balaban J connectivity index is 2.30. The quantitative estimate of drug-likeness (QED) is 0.293. The van der Waals surface area contributed by atoms with E-state index in [1.54, 1.807) is 20.8 Å². The predicted octanol–water partition coefficient (Wildman–Crippen LogP) is 1.60. The fourth-order valence-corrected chi connectivity index (χ4v) is 8.34. The van der Waals surface area contributed by atoms with Gasteiger partial charge in [-0.2, -0.15) is 0 Å². The Morgan fingerprint density at radius 3 is 2.11 bits per heavy atom. The van der Waals surface area contributed by atoms with Crippen molar-refractivity contribution >= 4 is 23.5 Å². The van der Waals surface area contributed by atoms with Gasteiger partial charge in [0.25, 0.3) is 0 Å². The van der Waals surface area contributed by atoms with E-state index >= 15 is 0 Å². The summed E-state index contributed by atoms with van der Waals surface area (Å²) >= 11 is 0. The number of aliphatic hydroxyl groups is 3. The third-order valence-corrected chi connectivity index (χ3v) is 10.3. The van der Waals surface area contributed by atoms with Crippen LogP contribution in [0, 0.1) is 39.4 Å². The van der Waals surface area contributed by atoms with E-state index in [9.17, 15) is 34.5 Å². The Bertz CT molecular complexity index is 1010. The third-order valence-electron chi connectivity index (χ3n) is 10.3. The minimum absolute atomic E-state index is 0.00637. The maximum atomic E-state index is 13.9. The largest absolute Gasteiger partial charge is 0.469 e. The summed E-state index contributed by atoms with van der Waals surface area (Å²) in [5.74, 6) is -5.51. The average molecular weight is 509 g/mol. The van der Waals surface area contributed by atoms with Gasteiger partial charge in [0, 0.05) is 23.2 Å². The van der Waals surface area contributed by atoms with E-state index in [-0.39, 0.29) is 18.6 Å². The van der Waals surface area contributed by atoms with Crippen LogP contribution in [0.1, 0.15) is 60.8 Å². The summed E-state index contributed by atoms with van der Waals surface area (Å²) < 4.78 is 9.77. The number of rotatable bonds is 4. The zero-order valence-electron chi connectivity index (χ0n) is 22.5. The molecule has 0 spiro atoms. The first-order valence-electron chi connectivity index (χ1n) is 12.3. The number of carbonyl (C=O) groups excluding carboxylic acids is 4. The molecule has 0 radical (unpaired) electrons.